The Morgan fingerprint density at radius 3 is 3.00 bits per heavy atom. The fraction of sp³-hybridized carbons (Fsp3) is 0.143. The van der Waals surface area contributed by atoms with Crippen molar-refractivity contribution in [2.24, 2.45) is 0 Å². The third-order valence-electron chi connectivity index (χ3n) is 1.10. The number of carbonyl (C=O) groups is 1. The number of hydrogen-bond acceptors (Lipinski definition) is 1. The van der Waals surface area contributed by atoms with Gasteiger partial charge in [-0.1, -0.05) is 6.07 Å². The summed E-state index contributed by atoms with van der Waals surface area (Å²) in [6.45, 7) is 0. The van der Waals surface area contributed by atoms with Crippen molar-refractivity contribution >= 4 is 23.3 Å². The molecule has 3 nitrogen and oxygen atoms in total. The van der Waals surface area contributed by atoms with Crippen molar-refractivity contribution in [3.8, 4) is 0 Å². The SMILES string of the molecule is O=C(CCl)Nc1cccc[nH+]1. The molecule has 4 heteroatoms. The van der Waals surface area contributed by atoms with Gasteiger partial charge in [0.05, 0.1) is 6.20 Å². The third-order valence-corrected chi connectivity index (χ3v) is 1.35. The summed E-state index contributed by atoms with van der Waals surface area (Å²) < 4.78 is 0. The first-order chi connectivity index (χ1) is 5.33. The number of aromatic nitrogens is 1. The van der Waals surface area contributed by atoms with Gasteiger partial charge in [-0.3, -0.25) is 0 Å². The van der Waals surface area contributed by atoms with Crippen LogP contribution < -0.4 is 10.3 Å². The third kappa shape index (κ3) is 2.55. The zero-order valence-corrected chi connectivity index (χ0v) is 6.56. The van der Waals surface area contributed by atoms with E-state index in [9.17, 15) is 4.79 Å². The van der Waals surface area contributed by atoms with E-state index in [1.165, 1.54) is 0 Å². The number of alkyl halides is 1. The topological polar surface area (TPSA) is 43.2 Å². The minimum absolute atomic E-state index is 0.0251. The van der Waals surface area contributed by atoms with Gasteiger partial charge in [0.15, 0.2) is 0 Å². The lowest BCUT2D eigenvalue weighted by molar-refractivity contribution is -0.360. The predicted molar refractivity (Wildman–Crippen MR) is 42.3 cm³/mol. The van der Waals surface area contributed by atoms with E-state index in [0.717, 1.165) is 0 Å². The maximum Gasteiger partial charge on any atom is 0.322 e. The van der Waals surface area contributed by atoms with Crippen LogP contribution in [-0.4, -0.2) is 11.8 Å². The molecule has 0 atom stereocenters. The summed E-state index contributed by atoms with van der Waals surface area (Å²) in [5.41, 5.74) is 0. The lowest BCUT2D eigenvalue weighted by atomic mass is 10.4. The molecule has 0 aliphatic carbocycles. The van der Waals surface area contributed by atoms with Crippen LogP contribution in [0.4, 0.5) is 5.82 Å². The van der Waals surface area contributed by atoms with Crippen LogP contribution in [0.15, 0.2) is 24.4 Å². The smallest absolute Gasteiger partial charge is 0.247 e. The number of aromatic amines is 1. The number of rotatable bonds is 2. The molecule has 0 aromatic carbocycles. The van der Waals surface area contributed by atoms with Crippen molar-refractivity contribution in [2.75, 3.05) is 11.2 Å². The highest BCUT2D eigenvalue weighted by Gasteiger charge is 2.05. The average molecular weight is 172 g/mol. The summed E-state index contributed by atoms with van der Waals surface area (Å²) in [6.07, 6.45) is 1.73. The van der Waals surface area contributed by atoms with Gasteiger partial charge in [0.2, 0.25) is 0 Å². The maximum atomic E-state index is 10.7. The first-order valence-corrected chi connectivity index (χ1v) is 3.69. The molecule has 11 heavy (non-hydrogen) atoms. The normalized spacial score (nSPS) is 9.18. The number of hydrogen-bond donors (Lipinski definition) is 1. The lowest BCUT2D eigenvalue weighted by Gasteiger charge is -1.91. The minimum Gasteiger partial charge on any atom is -0.247 e. The average Bonchev–Trinajstić information content (AvgIpc) is 2.06. The molecule has 58 valence electrons. The van der Waals surface area contributed by atoms with Crippen LogP contribution in [0.5, 0.6) is 0 Å². The fourth-order valence-corrected chi connectivity index (χ4v) is 0.722. The van der Waals surface area contributed by atoms with Crippen molar-refractivity contribution in [1.29, 1.82) is 0 Å². The molecule has 2 N–H and O–H groups in total. The Balaban J connectivity index is 2.58. The first kappa shape index (κ1) is 8.01. The highest BCUT2D eigenvalue weighted by molar-refractivity contribution is 6.28. The van der Waals surface area contributed by atoms with E-state index >= 15 is 0 Å². The Bertz CT molecular complexity index is 237. The molecule has 0 aliphatic heterocycles. The molecular formula is C7H8ClN2O+. The van der Waals surface area contributed by atoms with E-state index < -0.39 is 0 Å². The summed E-state index contributed by atoms with van der Waals surface area (Å²) in [5, 5.41) is 2.57. The molecule has 1 aromatic rings. The number of nitrogens with one attached hydrogen (secondary N) is 2. The zero-order chi connectivity index (χ0) is 8.10. The predicted octanol–water partition coefficient (Wildman–Crippen LogP) is 0.678. The summed E-state index contributed by atoms with van der Waals surface area (Å²) in [7, 11) is 0. The number of carbonyl (C=O) groups excluding carboxylic acids is 1. The number of pyridine rings is 1. The van der Waals surface area contributed by atoms with E-state index in [4.69, 9.17) is 11.6 Å². The molecule has 1 amide bonds. The van der Waals surface area contributed by atoms with Crippen LogP contribution in [0, 0.1) is 0 Å². The Morgan fingerprint density at radius 1 is 1.64 bits per heavy atom. The Labute approximate surface area is 69.4 Å². The molecule has 1 heterocycles. The van der Waals surface area contributed by atoms with Crippen LogP contribution in [0.1, 0.15) is 0 Å². The second kappa shape index (κ2) is 3.93. The van der Waals surface area contributed by atoms with E-state index in [1.807, 2.05) is 12.1 Å². The molecule has 0 spiro atoms. The molecule has 0 aliphatic rings. The van der Waals surface area contributed by atoms with Gasteiger partial charge >= 0.3 is 5.91 Å². The molecule has 0 unspecified atom stereocenters. The second-order valence-corrected chi connectivity index (χ2v) is 2.23. The van der Waals surface area contributed by atoms with Gasteiger partial charge in [-0.25, -0.2) is 15.1 Å². The largest absolute Gasteiger partial charge is 0.322 e. The summed E-state index contributed by atoms with van der Waals surface area (Å²) in [4.78, 5) is 13.6. The van der Waals surface area contributed by atoms with Crippen molar-refractivity contribution in [1.82, 2.24) is 0 Å². The Morgan fingerprint density at radius 2 is 2.45 bits per heavy atom. The number of halogens is 1. The maximum absolute atomic E-state index is 10.7. The fourth-order valence-electron chi connectivity index (χ4n) is 0.655. The van der Waals surface area contributed by atoms with Crippen LogP contribution >= 0.6 is 11.6 Å². The van der Waals surface area contributed by atoms with Gasteiger partial charge in [-0.05, 0) is 6.07 Å². The van der Waals surface area contributed by atoms with Crippen LogP contribution in [-0.2, 0) is 4.79 Å². The van der Waals surface area contributed by atoms with Crippen LogP contribution in [0.25, 0.3) is 0 Å². The van der Waals surface area contributed by atoms with E-state index in [2.05, 4.69) is 10.3 Å². The lowest BCUT2D eigenvalue weighted by Crippen LogP contribution is -2.19. The van der Waals surface area contributed by atoms with Gasteiger partial charge in [0.25, 0.3) is 5.82 Å². The van der Waals surface area contributed by atoms with E-state index in [0.29, 0.717) is 5.82 Å². The molecule has 1 aromatic heterocycles. The monoisotopic (exact) mass is 171 g/mol. The van der Waals surface area contributed by atoms with Gasteiger partial charge < -0.3 is 0 Å². The summed E-state index contributed by atoms with van der Waals surface area (Å²) >= 11 is 5.28. The van der Waals surface area contributed by atoms with Gasteiger partial charge in [0.1, 0.15) is 5.88 Å². The van der Waals surface area contributed by atoms with Crippen molar-refractivity contribution in [2.45, 2.75) is 0 Å². The molecule has 0 fully saturated rings. The molecule has 0 saturated carbocycles. The molecule has 0 saturated heterocycles. The first-order valence-electron chi connectivity index (χ1n) is 3.15. The van der Waals surface area contributed by atoms with Gasteiger partial charge in [-0.2, -0.15) is 0 Å². The summed E-state index contributed by atoms with van der Waals surface area (Å²) in [6, 6.07) is 5.40. The highest BCUT2D eigenvalue weighted by atomic mass is 35.5. The highest BCUT2D eigenvalue weighted by Crippen LogP contribution is 1.94. The van der Waals surface area contributed by atoms with Crippen LogP contribution in [0.3, 0.4) is 0 Å². The molecule has 0 radical (unpaired) electrons. The number of amides is 1. The quantitative estimate of drug-likeness (QED) is 0.654. The minimum atomic E-state index is -0.214. The molecular weight excluding hydrogens is 164 g/mol. The molecule has 0 bridgehead atoms. The van der Waals surface area contributed by atoms with Crippen molar-refractivity contribution in [3.05, 3.63) is 24.4 Å². The Hall–Kier alpha value is -1.09. The van der Waals surface area contributed by atoms with Gasteiger partial charge in [0, 0.05) is 6.07 Å². The number of H-pyrrole nitrogens is 1. The van der Waals surface area contributed by atoms with E-state index in [-0.39, 0.29) is 11.8 Å². The standard InChI is InChI=1S/C7H7ClN2O/c8-5-7(11)10-6-3-1-2-4-9-6/h1-4H,5H2,(H,9,10,11)/p+1. The van der Waals surface area contributed by atoms with Crippen molar-refractivity contribution in [3.63, 3.8) is 0 Å². The zero-order valence-electron chi connectivity index (χ0n) is 5.80. The number of anilines is 1. The van der Waals surface area contributed by atoms with E-state index in [1.54, 1.807) is 12.3 Å². The van der Waals surface area contributed by atoms with Gasteiger partial charge in [-0.15, -0.1) is 11.6 Å². The Kier molecular flexibility index (Phi) is 2.86. The second-order valence-electron chi connectivity index (χ2n) is 1.96. The van der Waals surface area contributed by atoms with Crippen molar-refractivity contribution < 1.29 is 9.78 Å². The molecule has 1 rings (SSSR count). The van der Waals surface area contributed by atoms with Crippen LogP contribution in [0.2, 0.25) is 0 Å². The summed E-state index contributed by atoms with van der Waals surface area (Å²) in [5.74, 6) is 0.412.